The van der Waals surface area contributed by atoms with E-state index in [9.17, 15) is 0 Å². The fourth-order valence-corrected chi connectivity index (χ4v) is 2.56. The molecule has 0 aliphatic rings. The number of benzene rings is 1. The summed E-state index contributed by atoms with van der Waals surface area (Å²) in [6.07, 6.45) is 1.66. The second-order valence-corrected chi connectivity index (χ2v) is 4.78. The normalized spacial score (nSPS) is 10.3. The van der Waals surface area contributed by atoms with Crippen molar-refractivity contribution in [3.05, 3.63) is 41.4 Å². The molecule has 0 aliphatic carbocycles. The minimum absolute atomic E-state index is 0.515. The van der Waals surface area contributed by atoms with Crippen LogP contribution in [0.1, 0.15) is 5.56 Å². The van der Waals surface area contributed by atoms with Gasteiger partial charge in [-0.2, -0.15) is 10.4 Å². The van der Waals surface area contributed by atoms with Gasteiger partial charge in [0.15, 0.2) is 0 Å². The molecule has 0 amide bonds. The Morgan fingerprint density at radius 1 is 1.26 bits per heavy atom. The van der Waals surface area contributed by atoms with E-state index in [1.165, 1.54) is 11.3 Å². The largest absolute Gasteiger partial charge is 0.383 e. The molecule has 2 aromatic heterocycles. The highest BCUT2D eigenvalue weighted by Crippen LogP contribution is 2.30. The first kappa shape index (κ1) is 11.4. The average molecular weight is 267 g/mol. The van der Waals surface area contributed by atoms with Crippen molar-refractivity contribution >= 4 is 17.2 Å². The topological polar surface area (TPSA) is 91.4 Å². The smallest absolute Gasteiger partial charge is 0.129 e. The van der Waals surface area contributed by atoms with Crippen molar-refractivity contribution in [1.82, 2.24) is 15.2 Å². The third-order valence-electron chi connectivity index (χ3n) is 2.71. The lowest BCUT2D eigenvalue weighted by molar-refractivity contribution is 1.10. The molecule has 0 saturated carbocycles. The minimum atomic E-state index is 0.515. The number of hydrogen-bond donors (Lipinski definition) is 2. The fourth-order valence-electron chi connectivity index (χ4n) is 1.71. The van der Waals surface area contributed by atoms with Gasteiger partial charge in [-0.3, -0.25) is 5.10 Å². The molecule has 0 spiro atoms. The Kier molecular flexibility index (Phi) is 2.74. The van der Waals surface area contributed by atoms with Crippen molar-refractivity contribution in [2.75, 3.05) is 5.73 Å². The minimum Gasteiger partial charge on any atom is -0.383 e. The number of nitrogens with zero attached hydrogens (tertiary/aromatic N) is 3. The Balaban J connectivity index is 1.97. The van der Waals surface area contributed by atoms with E-state index in [4.69, 9.17) is 11.0 Å². The van der Waals surface area contributed by atoms with Crippen LogP contribution >= 0.6 is 11.3 Å². The second-order valence-electron chi connectivity index (χ2n) is 3.92. The van der Waals surface area contributed by atoms with Crippen molar-refractivity contribution in [3.8, 4) is 27.9 Å². The van der Waals surface area contributed by atoms with E-state index in [1.807, 2.05) is 17.5 Å². The maximum Gasteiger partial charge on any atom is 0.129 e. The highest BCUT2D eigenvalue weighted by Gasteiger charge is 2.10. The number of rotatable bonds is 2. The standard InChI is InChI=1S/C13H9N5S/c14-5-8-1-3-9(4-2-8)11-7-19-13(17-11)10-6-16-18-12(10)15/h1-4,6-7H,(H3,15,16,18). The molecule has 3 rings (SSSR count). The highest BCUT2D eigenvalue weighted by atomic mass is 32.1. The number of anilines is 1. The number of thiazole rings is 1. The monoisotopic (exact) mass is 267 g/mol. The van der Waals surface area contributed by atoms with Gasteiger partial charge in [0.25, 0.3) is 0 Å². The molecule has 0 radical (unpaired) electrons. The van der Waals surface area contributed by atoms with E-state index >= 15 is 0 Å². The summed E-state index contributed by atoms with van der Waals surface area (Å²) in [4.78, 5) is 4.53. The summed E-state index contributed by atoms with van der Waals surface area (Å²) in [5, 5.41) is 18.1. The predicted molar refractivity (Wildman–Crippen MR) is 74.3 cm³/mol. The fraction of sp³-hybridized carbons (Fsp3) is 0. The molecule has 3 aromatic rings. The Morgan fingerprint density at radius 2 is 2.05 bits per heavy atom. The molecule has 0 bridgehead atoms. The highest BCUT2D eigenvalue weighted by molar-refractivity contribution is 7.13. The first-order chi connectivity index (χ1) is 9.28. The number of hydrogen-bond acceptors (Lipinski definition) is 5. The molecular formula is C13H9N5S. The van der Waals surface area contributed by atoms with Crippen LogP contribution in [-0.4, -0.2) is 15.2 Å². The van der Waals surface area contributed by atoms with Gasteiger partial charge < -0.3 is 5.73 Å². The molecule has 6 heteroatoms. The molecule has 19 heavy (non-hydrogen) atoms. The number of aromatic nitrogens is 3. The van der Waals surface area contributed by atoms with Crippen LogP contribution in [0.25, 0.3) is 21.8 Å². The molecule has 0 saturated heterocycles. The van der Waals surface area contributed by atoms with Gasteiger partial charge >= 0.3 is 0 Å². The van der Waals surface area contributed by atoms with Crippen LogP contribution in [0.5, 0.6) is 0 Å². The van der Waals surface area contributed by atoms with Gasteiger partial charge in [-0.15, -0.1) is 11.3 Å². The average Bonchev–Trinajstić information content (AvgIpc) is 3.07. The number of H-pyrrole nitrogens is 1. The van der Waals surface area contributed by atoms with Gasteiger partial charge in [-0.1, -0.05) is 12.1 Å². The summed E-state index contributed by atoms with van der Waals surface area (Å²) in [7, 11) is 0. The van der Waals surface area contributed by atoms with Crippen molar-refractivity contribution in [2.45, 2.75) is 0 Å². The zero-order valence-electron chi connectivity index (χ0n) is 9.79. The maximum absolute atomic E-state index is 8.77. The van der Waals surface area contributed by atoms with Gasteiger partial charge in [0.2, 0.25) is 0 Å². The Morgan fingerprint density at radius 3 is 2.68 bits per heavy atom. The first-order valence-corrected chi connectivity index (χ1v) is 6.41. The molecular weight excluding hydrogens is 258 g/mol. The second kappa shape index (κ2) is 4.55. The molecule has 0 atom stereocenters. The maximum atomic E-state index is 8.77. The van der Waals surface area contributed by atoms with E-state index in [0.717, 1.165) is 21.8 Å². The van der Waals surface area contributed by atoms with Gasteiger partial charge in [0.05, 0.1) is 29.1 Å². The van der Waals surface area contributed by atoms with Gasteiger partial charge in [0.1, 0.15) is 10.8 Å². The molecule has 0 unspecified atom stereocenters. The molecule has 0 fully saturated rings. The van der Waals surface area contributed by atoms with Crippen LogP contribution in [0.15, 0.2) is 35.8 Å². The van der Waals surface area contributed by atoms with Crippen LogP contribution in [-0.2, 0) is 0 Å². The molecule has 2 heterocycles. The number of nitriles is 1. The summed E-state index contributed by atoms with van der Waals surface area (Å²) in [6.45, 7) is 0. The Hall–Kier alpha value is -2.65. The van der Waals surface area contributed by atoms with E-state index in [2.05, 4.69) is 21.3 Å². The van der Waals surface area contributed by atoms with Crippen LogP contribution < -0.4 is 5.73 Å². The SMILES string of the molecule is N#Cc1ccc(-c2csc(-c3cn[nH]c3N)n2)cc1. The molecule has 5 nitrogen and oxygen atoms in total. The summed E-state index contributed by atoms with van der Waals surface area (Å²) in [6, 6.07) is 9.42. The van der Waals surface area contributed by atoms with Crippen molar-refractivity contribution < 1.29 is 0 Å². The number of nitrogen functional groups attached to an aromatic ring is 1. The van der Waals surface area contributed by atoms with E-state index in [1.54, 1.807) is 18.3 Å². The number of nitrogens with two attached hydrogens (primary N) is 1. The lowest BCUT2D eigenvalue weighted by Crippen LogP contribution is -1.87. The first-order valence-electron chi connectivity index (χ1n) is 5.53. The number of aromatic amines is 1. The van der Waals surface area contributed by atoms with E-state index in [0.29, 0.717) is 11.4 Å². The molecule has 0 aliphatic heterocycles. The van der Waals surface area contributed by atoms with Gasteiger partial charge in [-0.05, 0) is 12.1 Å². The van der Waals surface area contributed by atoms with E-state index in [-0.39, 0.29) is 0 Å². The van der Waals surface area contributed by atoms with E-state index < -0.39 is 0 Å². The third kappa shape index (κ3) is 2.07. The predicted octanol–water partition coefficient (Wildman–Crippen LogP) is 2.65. The molecule has 92 valence electrons. The molecule has 1 aromatic carbocycles. The lowest BCUT2D eigenvalue weighted by Gasteiger charge is -1.96. The zero-order chi connectivity index (χ0) is 13.2. The molecule has 3 N–H and O–H groups in total. The summed E-state index contributed by atoms with van der Waals surface area (Å²) < 4.78 is 0. The van der Waals surface area contributed by atoms with Crippen LogP contribution in [0.4, 0.5) is 5.82 Å². The van der Waals surface area contributed by atoms with Crippen LogP contribution in [0.3, 0.4) is 0 Å². The summed E-state index contributed by atoms with van der Waals surface area (Å²) in [5.74, 6) is 0.515. The Labute approximate surface area is 113 Å². The summed E-state index contributed by atoms with van der Waals surface area (Å²) in [5.41, 5.74) is 9.06. The van der Waals surface area contributed by atoms with Crippen molar-refractivity contribution in [3.63, 3.8) is 0 Å². The lowest BCUT2D eigenvalue weighted by atomic mass is 10.1. The van der Waals surface area contributed by atoms with Crippen molar-refractivity contribution in [2.24, 2.45) is 0 Å². The van der Waals surface area contributed by atoms with Gasteiger partial charge in [0, 0.05) is 10.9 Å². The third-order valence-corrected chi connectivity index (χ3v) is 3.59. The van der Waals surface area contributed by atoms with Gasteiger partial charge in [-0.25, -0.2) is 4.98 Å². The van der Waals surface area contributed by atoms with Crippen LogP contribution in [0.2, 0.25) is 0 Å². The summed E-state index contributed by atoms with van der Waals surface area (Å²) >= 11 is 1.51. The number of nitrogens with one attached hydrogen (secondary N) is 1. The van der Waals surface area contributed by atoms with Crippen molar-refractivity contribution in [1.29, 1.82) is 5.26 Å². The zero-order valence-corrected chi connectivity index (χ0v) is 10.6. The quantitative estimate of drug-likeness (QED) is 0.746. The van der Waals surface area contributed by atoms with Crippen LogP contribution in [0, 0.1) is 11.3 Å². The Bertz CT molecular complexity index is 748.